The standard InChI is InChI=1S/C15H16N2O2S2/c1-4-17(11(3)18)15-16-12(9-20-15)6-7-13(19)14-8-5-10(2)21-14/h5-9H,4H2,1-3H3/b7-6+. The van der Waals surface area contributed by atoms with Gasteiger partial charge in [-0.2, -0.15) is 0 Å². The lowest BCUT2D eigenvalue weighted by molar-refractivity contribution is -0.116. The normalized spacial score (nSPS) is 11.0. The number of thiazole rings is 1. The minimum absolute atomic E-state index is 0.0263. The van der Waals surface area contributed by atoms with Crippen molar-refractivity contribution in [3.63, 3.8) is 0 Å². The van der Waals surface area contributed by atoms with Gasteiger partial charge in [0.2, 0.25) is 5.91 Å². The van der Waals surface area contributed by atoms with Gasteiger partial charge in [0.15, 0.2) is 10.9 Å². The molecule has 110 valence electrons. The molecular formula is C15H16N2O2S2. The molecule has 1 amide bonds. The average molecular weight is 320 g/mol. The first-order valence-corrected chi connectivity index (χ1v) is 8.23. The Labute approximate surface area is 131 Å². The van der Waals surface area contributed by atoms with Crippen LogP contribution in [0.25, 0.3) is 6.08 Å². The number of thiophene rings is 1. The number of ketones is 1. The zero-order valence-corrected chi connectivity index (χ0v) is 13.8. The molecule has 4 nitrogen and oxygen atoms in total. The molecule has 0 saturated heterocycles. The third-order valence-electron chi connectivity index (χ3n) is 2.83. The maximum atomic E-state index is 12.0. The van der Waals surface area contributed by atoms with Crippen LogP contribution in [0.15, 0.2) is 23.6 Å². The lowest BCUT2D eigenvalue weighted by Gasteiger charge is -2.14. The molecule has 2 aromatic rings. The van der Waals surface area contributed by atoms with Crippen LogP contribution in [-0.4, -0.2) is 23.2 Å². The van der Waals surface area contributed by atoms with Crippen LogP contribution in [0.5, 0.6) is 0 Å². The Kier molecular flexibility index (Phi) is 5.03. The molecule has 6 heteroatoms. The molecular weight excluding hydrogens is 304 g/mol. The van der Waals surface area contributed by atoms with Gasteiger partial charge < -0.3 is 0 Å². The van der Waals surface area contributed by atoms with E-state index >= 15 is 0 Å². The van der Waals surface area contributed by atoms with Crippen LogP contribution in [0.3, 0.4) is 0 Å². The van der Waals surface area contributed by atoms with Crippen LogP contribution < -0.4 is 4.90 Å². The summed E-state index contributed by atoms with van der Waals surface area (Å²) in [4.78, 5) is 31.2. The highest BCUT2D eigenvalue weighted by Crippen LogP contribution is 2.22. The third kappa shape index (κ3) is 3.86. The van der Waals surface area contributed by atoms with Crippen molar-refractivity contribution in [2.75, 3.05) is 11.4 Å². The molecule has 0 aliphatic rings. The summed E-state index contributed by atoms with van der Waals surface area (Å²) in [6.07, 6.45) is 3.21. The Bertz CT molecular complexity index is 685. The Morgan fingerprint density at radius 2 is 2.14 bits per heavy atom. The lowest BCUT2D eigenvalue weighted by Crippen LogP contribution is -2.27. The van der Waals surface area contributed by atoms with E-state index in [1.165, 1.54) is 35.7 Å². The number of carbonyl (C=O) groups is 2. The predicted octanol–water partition coefficient (Wildman–Crippen LogP) is 3.78. The number of anilines is 1. The van der Waals surface area contributed by atoms with Gasteiger partial charge >= 0.3 is 0 Å². The van der Waals surface area contributed by atoms with Crippen LogP contribution in [0, 0.1) is 6.92 Å². The fourth-order valence-corrected chi connectivity index (χ4v) is 3.47. The second-order valence-electron chi connectivity index (χ2n) is 4.43. The number of carbonyl (C=O) groups excluding carboxylic acids is 2. The molecule has 0 atom stereocenters. The van der Waals surface area contributed by atoms with Gasteiger partial charge in [-0.3, -0.25) is 14.5 Å². The van der Waals surface area contributed by atoms with E-state index in [-0.39, 0.29) is 11.7 Å². The van der Waals surface area contributed by atoms with Crippen molar-refractivity contribution in [2.45, 2.75) is 20.8 Å². The summed E-state index contributed by atoms with van der Waals surface area (Å²) in [6.45, 7) is 5.97. The summed E-state index contributed by atoms with van der Waals surface area (Å²) in [5, 5.41) is 2.49. The summed E-state index contributed by atoms with van der Waals surface area (Å²) >= 11 is 2.87. The molecule has 0 aromatic carbocycles. The van der Waals surface area contributed by atoms with Crippen LogP contribution in [0.4, 0.5) is 5.13 Å². The Hall–Kier alpha value is -1.79. The number of aryl methyl sites for hydroxylation is 1. The lowest BCUT2D eigenvalue weighted by atomic mass is 10.3. The molecule has 0 aliphatic heterocycles. The predicted molar refractivity (Wildman–Crippen MR) is 88.2 cm³/mol. The minimum atomic E-state index is -0.0347. The summed E-state index contributed by atoms with van der Waals surface area (Å²) in [5.41, 5.74) is 0.691. The van der Waals surface area contributed by atoms with E-state index in [0.717, 1.165) is 9.75 Å². The molecule has 2 rings (SSSR count). The van der Waals surface area contributed by atoms with E-state index in [2.05, 4.69) is 4.98 Å². The average Bonchev–Trinajstić information content (AvgIpc) is 3.06. The first-order valence-electron chi connectivity index (χ1n) is 6.53. The molecule has 0 aliphatic carbocycles. The first-order chi connectivity index (χ1) is 10.0. The van der Waals surface area contributed by atoms with Crippen molar-refractivity contribution in [1.29, 1.82) is 0 Å². The fourth-order valence-electron chi connectivity index (χ4n) is 1.78. The second kappa shape index (κ2) is 6.78. The van der Waals surface area contributed by atoms with Crippen LogP contribution in [0.2, 0.25) is 0 Å². The van der Waals surface area contributed by atoms with E-state index in [1.54, 1.807) is 11.0 Å². The SMILES string of the molecule is CCN(C(C)=O)c1nc(/C=C/C(=O)c2ccc(C)s2)cs1. The number of amides is 1. The quantitative estimate of drug-likeness (QED) is 0.622. The van der Waals surface area contributed by atoms with Gasteiger partial charge in [-0.05, 0) is 38.1 Å². The largest absolute Gasteiger partial charge is 0.289 e. The summed E-state index contributed by atoms with van der Waals surface area (Å²) in [6, 6.07) is 3.76. The smallest absolute Gasteiger partial charge is 0.225 e. The topological polar surface area (TPSA) is 50.3 Å². The zero-order valence-electron chi connectivity index (χ0n) is 12.1. The van der Waals surface area contributed by atoms with Crippen molar-refractivity contribution in [3.8, 4) is 0 Å². The van der Waals surface area contributed by atoms with Gasteiger partial charge in [0, 0.05) is 23.7 Å². The van der Waals surface area contributed by atoms with Gasteiger partial charge in [0.1, 0.15) is 0 Å². The summed E-state index contributed by atoms with van der Waals surface area (Å²) < 4.78 is 0. The Balaban J connectivity index is 2.10. The highest BCUT2D eigenvalue weighted by atomic mass is 32.1. The number of hydrogen-bond donors (Lipinski definition) is 0. The monoisotopic (exact) mass is 320 g/mol. The second-order valence-corrected chi connectivity index (χ2v) is 6.55. The van der Waals surface area contributed by atoms with Gasteiger partial charge in [0.25, 0.3) is 0 Å². The van der Waals surface area contributed by atoms with E-state index < -0.39 is 0 Å². The van der Waals surface area contributed by atoms with E-state index in [0.29, 0.717) is 17.4 Å². The number of allylic oxidation sites excluding steroid dienone is 1. The zero-order chi connectivity index (χ0) is 15.4. The van der Waals surface area contributed by atoms with Crippen molar-refractivity contribution in [2.24, 2.45) is 0 Å². The molecule has 0 unspecified atom stereocenters. The van der Waals surface area contributed by atoms with Crippen molar-refractivity contribution >= 4 is 45.6 Å². The minimum Gasteiger partial charge on any atom is -0.289 e. The van der Waals surface area contributed by atoms with Gasteiger partial charge in [-0.15, -0.1) is 22.7 Å². The van der Waals surface area contributed by atoms with E-state index in [1.807, 2.05) is 31.4 Å². The highest BCUT2D eigenvalue weighted by Gasteiger charge is 2.12. The molecule has 0 bridgehead atoms. The molecule has 0 spiro atoms. The Morgan fingerprint density at radius 1 is 1.38 bits per heavy atom. The number of hydrogen-bond acceptors (Lipinski definition) is 5. The highest BCUT2D eigenvalue weighted by molar-refractivity contribution is 7.14. The number of aromatic nitrogens is 1. The summed E-state index contributed by atoms with van der Waals surface area (Å²) in [7, 11) is 0. The number of nitrogens with zero attached hydrogens (tertiary/aromatic N) is 2. The van der Waals surface area contributed by atoms with E-state index in [4.69, 9.17) is 0 Å². The molecule has 21 heavy (non-hydrogen) atoms. The van der Waals surface area contributed by atoms with Crippen molar-refractivity contribution in [3.05, 3.63) is 39.0 Å². The molecule has 0 saturated carbocycles. The fraction of sp³-hybridized carbons (Fsp3) is 0.267. The van der Waals surface area contributed by atoms with Gasteiger partial charge in [-0.25, -0.2) is 4.98 Å². The summed E-state index contributed by atoms with van der Waals surface area (Å²) in [5.74, 6) is -0.0610. The van der Waals surface area contributed by atoms with Crippen molar-refractivity contribution < 1.29 is 9.59 Å². The van der Waals surface area contributed by atoms with Gasteiger partial charge in [-0.1, -0.05) is 0 Å². The maximum Gasteiger partial charge on any atom is 0.225 e. The van der Waals surface area contributed by atoms with E-state index in [9.17, 15) is 9.59 Å². The maximum absolute atomic E-state index is 12.0. The van der Waals surface area contributed by atoms with Crippen LogP contribution in [-0.2, 0) is 4.79 Å². The first kappa shape index (κ1) is 15.6. The Morgan fingerprint density at radius 3 is 2.71 bits per heavy atom. The van der Waals surface area contributed by atoms with Gasteiger partial charge in [0.05, 0.1) is 10.6 Å². The van der Waals surface area contributed by atoms with Crippen LogP contribution in [0.1, 0.15) is 34.1 Å². The van der Waals surface area contributed by atoms with Crippen molar-refractivity contribution in [1.82, 2.24) is 4.98 Å². The van der Waals surface area contributed by atoms with Crippen LogP contribution >= 0.6 is 22.7 Å². The molecule has 0 N–H and O–H groups in total. The molecule has 2 heterocycles. The molecule has 2 aromatic heterocycles. The number of rotatable bonds is 5. The molecule has 0 radical (unpaired) electrons. The molecule has 0 fully saturated rings. The third-order valence-corrected chi connectivity index (χ3v) is 4.72.